The zero-order valence-corrected chi connectivity index (χ0v) is 23.5. The van der Waals surface area contributed by atoms with Crippen LogP contribution in [0.1, 0.15) is 29.8 Å². The summed E-state index contributed by atoms with van der Waals surface area (Å²) in [7, 11) is -2.61. The minimum atomic E-state index is -3.99. The van der Waals surface area contributed by atoms with Crippen molar-refractivity contribution in [1.29, 1.82) is 0 Å². The Kier molecular flexibility index (Phi) is 8.70. The Labute approximate surface area is 233 Å². The molecular formula is C31H33FN2O5S. The molecule has 9 heteroatoms. The van der Waals surface area contributed by atoms with Crippen LogP contribution in [0, 0.1) is 5.82 Å². The highest BCUT2D eigenvalue weighted by molar-refractivity contribution is 7.89. The lowest BCUT2D eigenvalue weighted by atomic mass is 9.93. The van der Waals surface area contributed by atoms with Crippen LogP contribution in [-0.2, 0) is 16.4 Å². The molecule has 0 saturated carbocycles. The van der Waals surface area contributed by atoms with Crippen molar-refractivity contribution in [2.24, 2.45) is 0 Å². The van der Waals surface area contributed by atoms with Crippen LogP contribution in [0.3, 0.4) is 0 Å². The molecule has 0 fully saturated rings. The van der Waals surface area contributed by atoms with Gasteiger partial charge in [0.25, 0.3) is 0 Å². The molecule has 0 heterocycles. The van der Waals surface area contributed by atoms with E-state index in [2.05, 4.69) is 35.6 Å². The van der Waals surface area contributed by atoms with Gasteiger partial charge in [0, 0.05) is 31.2 Å². The average Bonchev–Trinajstić information content (AvgIpc) is 2.91. The van der Waals surface area contributed by atoms with Gasteiger partial charge in [-0.1, -0.05) is 60.7 Å². The highest BCUT2D eigenvalue weighted by Crippen LogP contribution is 2.27. The van der Waals surface area contributed by atoms with Crippen molar-refractivity contribution in [3.63, 3.8) is 0 Å². The van der Waals surface area contributed by atoms with Gasteiger partial charge in [-0.2, -0.15) is 4.31 Å². The number of hydrogen-bond donors (Lipinski definition) is 3. The second-order valence-corrected chi connectivity index (χ2v) is 12.6. The number of likely N-dealkylation sites (N-methyl/N-ethyl adjacent to an activating group) is 1. The van der Waals surface area contributed by atoms with Crippen LogP contribution < -0.4 is 5.32 Å². The maximum atomic E-state index is 14.6. The number of rotatable bonds is 11. The maximum Gasteiger partial charge on any atom is 0.335 e. The quantitative estimate of drug-likeness (QED) is 0.238. The Bertz CT molecular complexity index is 1640. The van der Waals surface area contributed by atoms with E-state index in [-0.39, 0.29) is 34.7 Å². The molecule has 7 nitrogen and oxygen atoms in total. The van der Waals surface area contributed by atoms with E-state index in [9.17, 15) is 22.7 Å². The van der Waals surface area contributed by atoms with Crippen molar-refractivity contribution >= 4 is 26.8 Å². The van der Waals surface area contributed by atoms with Crippen LogP contribution in [-0.4, -0.2) is 60.7 Å². The molecule has 0 saturated heterocycles. The summed E-state index contributed by atoms with van der Waals surface area (Å²) in [5, 5.41) is 25.4. The fraction of sp³-hybridized carbons (Fsp3) is 0.258. The van der Waals surface area contributed by atoms with Gasteiger partial charge < -0.3 is 15.5 Å². The van der Waals surface area contributed by atoms with E-state index >= 15 is 0 Å². The number of sulfonamides is 1. The summed E-state index contributed by atoms with van der Waals surface area (Å²) in [5.74, 6) is -2.02. The van der Waals surface area contributed by atoms with Crippen LogP contribution in [0.2, 0.25) is 0 Å². The predicted molar refractivity (Wildman–Crippen MR) is 154 cm³/mol. The Morgan fingerprint density at radius 2 is 1.70 bits per heavy atom. The first kappa shape index (κ1) is 29.4. The fourth-order valence-electron chi connectivity index (χ4n) is 4.66. The molecule has 3 N–H and O–H groups in total. The van der Waals surface area contributed by atoms with E-state index in [0.717, 1.165) is 27.7 Å². The lowest BCUT2D eigenvalue weighted by Gasteiger charge is -2.29. The highest BCUT2D eigenvalue weighted by Gasteiger charge is 2.25. The van der Waals surface area contributed by atoms with Crippen molar-refractivity contribution in [3.05, 3.63) is 102 Å². The van der Waals surface area contributed by atoms with Gasteiger partial charge in [0.05, 0.1) is 16.6 Å². The smallest absolute Gasteiger partial charge is 0.335 e. The molecule has 0 aliphatic rings. The molecule has 4 aromatic rings. The molecule has 1 atom stereocenters. The highest BCUT2D eigenvalue weighted by atomic mass is 32.2. The minimum Gasteiger partial charge on any atom is -0.478 e. The first-order chi connectivity index (χ1) is 18.9. The van der Waals surface area contributed by atoms with Crippen LogP contribution >= 0.6 is 0 Å². The molecule has 0 radical (unpaired) electrons. The third-order valence-electron chi connectivity index (χ3n) is 6.81. The number of aliphatic hydroxyl groups excluding tert-OH is 1. The van der Waals surface area contributed by atoms with Gasteiger partial charge in [0.2, 0.25) is 10.0 Å². The van der Waals surface area contributed by atoms with Crippen LogP contribution in [0.5, 0.6) is 0 Å². The number of halogens is 1. The van der Waals surface area contributed by atoms with Gasteiger partial charge in [0.1, 0.15) is 5.82 Å². The Morgan fingerprint density at radius 1 is 0.975 bits per heavy atom. The number of benzene rings is 4. The van der Waals surface area contributed by atoms with Crippen LogP contribution in [0.4, 0.5) is 4.39 Å². The molecule has 4 aromatic carbocycles. The normalized spacial score (nSPS) is 13.1. The zero-order chi connectivity index (χ0) is 29.1. The number of aliphatic hydroxyl groups is 1. The number of carboxylic acids is 1. The lowest BCUT2D eigenvalue weighted by Crippen LogP contribution is -2.47. The monoisotopic (exact) mass is 564 g/mol. The Hall–Kier alpha value is -3.63. The number of nitrogens with zero attached hydrogens (tertiary/aromatic N) is 1. The van der Waals surface area contributed by atoms with Crippen molar-refractivity contribution < 1.29 is 27.8 Å². The summed E-state index contributed by atoms with van der Waals surface area (Å²) in [6, 6.07) is 23.7. The van der Waals surface area contributed by atoms with Crippen LogP contribution in [0.25, 0.3) is 21.9 Å². The maximum absolute atomic E-state index is 14.6. The number of nitrogens with one attached hydrogen (secondary N) is 1. The summed E-state index contributed by atoms with van der Waals surface area (Å²) < 4.78 is 42.2. The SMILES string of the molecule is CN(CC(O)CNC(C)(C)Cc1ccc2ccccc2c1)S(=O)(=O)c1cccc(-c2ccc(C(=O)O)cc2F)c1. The zero-order valence-electron chi connectivity index (χ0n) is 22.6. The molecule has 0 spiro atoms. The van der Waals surface area contributed by atoms with Crippen molar-refractivity contribution in [2.45, 2.75) is 36.8 Å². The van der Waals surface area contributed by atoms with Gasteiger partial charge in [-0.15, -0.1) is 0 Å². The Balaban J connectivity index is 1.39. The molecule has 0 amide bonds. The first-order valence-corrected chi connectivity index (χ1v) is 14.3. The summed E-state index contributed by atoms with van der Waals surface area (Å²) in [5.41, 5.74) is 0.978. The molecule has 0 aliphatic heterocycles. The van der Waals surface area contributed by atoms with Crippen molar-refractivity contribution in [2.75, 3.05) is 20.1 Å². The van der Waals surface area contributed by atoms with E-state index in [0.29, 0.717) is 5.56 Å². The van der Waals surface area contributed by atoms with E-state index in [1.165, 1.54) is 42.8 Å². The minimum absolute atomic E-state index is 0.0639. The van der Waals surface area contributed by atoms with E-state index < -0.39 is 27.9 Å². The third-order valence-corrected chi connectivity index (χ3v) is 8.63. The van der Waals surface area contributed by atoms with Gasteiger partial charge in [-0.3, -0.25) is 0 Å². The summed E-state index contributed by atoms with van der Waals surface area (Å²) >= 11 is 0. The third kappa shape index (κ3) is 6.92. The molecule has 0 aromatic heterocycles. The average molecular weight is 565 g/mol. The number of aromatic carboxylic acids is 1. The molecule has 210 valence electrons. The summed E-state index contributed by atoms with van der Waals surface area (Å²) in [4.78, 5) is 11.0. The topological polar surface area (TPSA) is 107 Å². The van der Waals surface area contributed by atoms with Crippen LogP contribution in [0.15, 0.2) is 89.8 Å². The lowest BCUT2D eigenvalue weighted by molar-refractivity contribution is 0.0696. The van der Waals surface area contributed by atoms with E-state index in [4.69, 9.17) is 5.11 Å². The number of hydrogen-bond acceptors (Lipinski definition) is 5. The molecule has 4 rings (SSSR count). The van der Waals surface area contributed by atoms with E-state index in [1.54, 1.807) is 6.07 Å². The number of carboxylic acid groups (broad SMARTS) is 1. The summed E-state index contributed by atoms with van der Waals surface area (Å²) in [6.07, 6.45) is -0.255. The fourth-order valence-corrected chi connectivity index (χ4v) is 5.92. The second-order valence-electron chi connectivity index (χ2n) is 10.6. The Morgan fingerprint density at radius 3 is 2.40 bits per heavy atom. The van der Waals surface area contributed by atoms with E-state index in [1.807, 2.05) is 26.0 Å². The molecular weight excluding hydrogens is 531 g/mol. The molecule has 40 heavy (non-hydrogen) atoms. The van der Waals surface area contributed by atoms with Gasteiger partial charge in [-0.25, -0.2) is 17.6 Å². The van der Waals surface area contributed by atoms with Gasteiger partial charge >= 0.3 is 5.97 Å². The first-order valence-electron chi connectivity index (χ1n) is 12.9. The molecule has 0 bridgehead atoms. The molecule has 1 unspecified atom stereocenters. The molecule has 0 aliphatic carbocycles. The van der Waals surface area contributed by atoms with Gasteiger partial charge in [-0.05, 0) is 66.4 Å². The van der Waals surface area contributed by atoms with Crippen molar-refractivity contribution in [3.8, 4) is 11.1 Å². The summed E-state index contributed by atoms with van der Waals surface area (Å²) in [6.45, 7) is 4.10. The number of carbonyl (C=O) groups is 1. The predicted octanol–water partition coefficient (Wildman–Crippen LogP) is 4.94. The second kappa shape index (κ2) is 11.9. The largest absolute Gasteiger partial charge is 0.478 e. The number of β-amino-alcohol motifs (C(OH)–C–C–N with tert-alkyl or cyclic N) is 1. The number of fused-ring (bicyclic) bond motifs is 1. The van der Waals surface area contributed by atoms with Crippen molar-refractivity contribution in [1.82, 2.24) is 9.62 Å². The van der Waals surface area contributed by atoms with Gasteiger partial charge in [0.15, 0.2) is 0 Å². The standard InChI is InChI=1S/C31H33FN2O5S/c1-31(2,18-21-11-12-22-7-4-5-8-23(22)15-21)33-19-26(35)20-34(3)40(38,39)27-10-6-9-24(16-27)28-14-13-25(30(36)37)17-29(28)32/h4-17,26,33,35H,18-20H2,1-3H3,(H,36,37).